The molecule has 2 N–H and O–H groups in total. The van der Waals surface area contributed by atoms with Crippen LogP contribution < -0.4 is 5.32 Å². The second-order valence-corrected chi connectivity index (χ2v) is 21.5. The second-order valence-electron chi connectivity index (χ2n) is 21.5. The summed E-state index contributed by atoms with van der Waals surface area (Å²) in [5.74, 6) is 5.09. The zero-order valence-electron chi connectivity index (χ0n) is 41.9. The van der Waals surface area contributed by atoms with Crippen molar-refractivity contribution in [2.45, 2.75) is 171 Å². The molecule has 3 amide bonds. The van der Waals surface area contributed by atoms with Crippen molar-refractivity contribution in [3.05, 3.63) is 76.4 Å². The molecule has 0 bridgehead atoms. The lowest BCUT2D eigenvalue weighted by Gasteiger charge is -2.58. The SMILES string of the molecule is CC(=O)NCCc1ccc(O)c(C)c1.CC(=O)O[C@H]1CC[C@@]2(C)C(=CC[C@H]3[C@@H]4CC[C@H]([C@H](C)CCCC(C)C)[C@@]4(C)CC[C@@H]32)C1.CCN1N=NC2C(=O)N(CCc3ccc(C)cc3)C(=O)C21. The molecule has 2 aromatic rings. The molecule has 0 aromatic heterocycles. The number of hydrogen-bond donors (Lipinski definition) is 2. The van der Waals surface area contributed by atoms with Gasteiger partial charge in [-0.05, 0) is 148 Å². The van der Waals surface area contributed by atoms with Crippen LogP contribution in [0.2, 0.25) is 0 Å². The van der Waals surface area contributed by atoms with Gasteiger partial charge >= 0.3 is 5.97 Å². The molecule has 2 heterocycles. The first kappa shape index (κ1) is 50.9. The standard InChI is InChI=1S/C29H48O2.C15H18N4O2.C11H15NO2/c1-19(2)8-7-9-20(3)25-12-13-26-24-11-10-22-18-23(31-21(4)30)14-16-28(22,5)27(24)15-17-29(25,26)6;1-3-19-13-12(16-17-19)14(20)18(15(13)21)9-8-11-6-4-10(2)5-7-11;1-8-7-10(3-4-11(8)14)5-6-12-9(2)13/h10,19-20,23-27H,7-9,11-18H2,1-6H3;4-7,12-13H,3,8-9H2,1-2H3;3-4,7,14H,5-6H2,1-2H3,(H,12,13)/t20-,23+,24+,25-,26+,27+,28+,29-;;/m1../s1. The molecule has 6 aliphatic rings. The van der Waals surface area contributed by atoms with Crippen LogP contribution in [-0.2, 0) is 36.8 Å². The summed E-state index contributed by atoms with van der Waals surface area (Å²) in [4.78, 5) is 48.1. The van der Waals surface area contributed by atoms with Crippen molar-refractivity contribution in [1.82, 2.24) is 15.2 Å². The number of fused-ring (bicyclic) bond motifs is 6. The van der Waals surface area contributed by atoms with Crippen LogP contribution in [0.25, 0.3) is 0 Å². The summed E-state index contributed by atoms with van der Waals surface area (Å²) < 4.78 is 5.61. The Morgan fingerprint density at radius 1 is 0.909 bits per heavy atom. The smallest absolute Gasteiger partial charge is 0.302 e. The van der Waals surface area contributed by atoms with Gasteiger partial charge in [-0.1, -0.05) is 113 Å². The number of phenols is 1. The Hall–Kier alpha value is -4.54. The molecule has 0 radical (unpaired) electrons. The Balaban J connectivity index is 0.000000178. The van der Waals surface area contributed by atoms with E-state index in [4.69, 9.17) is 4.74 Å². The topological polar surface area (TPSA) is 141 Å². The van der Waals surface area contributed by atoms with Gasteiger partial charge in [0.05, 0.1) is 0 Å². The van der Waals surface area contributed by atoms with E-state index in [2.05, 4.69) is 56.3 Å². The van der Waals surface area contributed by atoms with E-state index in [0.717, 1.165) is 71.5 Å². The fourth-order valence-corrected chi connectivity index (χ4v) is 13.0. The summed E-state index contributed by atoms with van der Waals surface area (Å²) in [5.41, 5.74) is 6.83. The zero-order valence-corrected chi connectivity index (χ0v) is 41.9. The van der Waals surface area contributed by atoms with Gasteiger partial charge in [0.25, 0.3) is 11.8 Å². The summed E-state index contributed by atoms with van der Waals surface area (Å²) in [5, 5.41) is 21.4. The number of hydrogen-bond acceptors (Lipinski definition) is 9. The minimum atomic E-state index is -0.643. The van der Waals surface area contributed by atoms with Crippen molar-refractivity contribution < 1.29 is 29.0 Å². The number of rotatable bonds is 13. The maximum atomic E-state index is 12.4. The third kappa shape index (κ3) is 11.6. The Bertz CT molecular complexity index is 2080. The molecule has 2 unspecified atom stereocenters. The van der Waals surface area contributed by atoms with E-state index in [0.29, 0.717) is 42.6 Å². The lowest BCUT2D eigenvalue weighted by Crippen LogP contribution is -2.51. The van der Waals surface area contributed by atoms with Crippen molar-refractivity contribution in [2.75, 3.05) is 19.6 Å². The van der Waals surface area contributed by atoms with E-state index in [1.165, 1.54) is 75.2 Å². The van der Waals surface area contributed by atoms with Crippen LogP contribution in [0, 0.1) is 60.2 Å². The van der Waals surface area contributed by atoms with E-state index in [-0.39, 0.29) is 29.8 Å². The highest BCUT2D eigenvalue weighted by molar-refractivity contribution is 6.09. The number of ether oxygens (including phenoxy) is 1. The molecule has 10 atom stereocenters. The largest absolute Gasteiger partial charge is 0.508 e. The number of benzene rings is 2. The lowest BCUT2D eigenvalue weighted by molar-refractivity contribution is -0.149. The van der Waals surface area contributed by atoms with Crippen LogP contribution in [-0.4, -0.2) is 76.5 Å². The van der Waals surface area contributed by atoms with Crippen LogP contribution >= 0.6 is 0 Å². The molecule has 362 valence electrons. The van der Waals surface area contributed by atoms with Crippen molar-refractivity contribution in [3.63, 3.8) is 0 Å². The highest BCUT2D eigenvalue weighted by Gasteiger charge is 2.59. The highest BCUT2D eigenvalue weighted by Crippen LogP contribution is 2.67. The predicted molar refractivity (Wildman–Crippen MR) is 260 cm³/mol. The van der Waals surface area contributed by atoms with Crippen LogP contribution in [0.3, 0.4) is 0 Å². The number of aryl methyl sites for hydroxylation is 2. The number of imide groups is 1. The molecule has 8 rings (SSSR count). The van der Waals surface area contributed by atoms with E-state index >= 15 is 0 Å². The van der Waals surface area contributed by atoms with Crippen molar-refractivity contribution in [1.29, 1.82) is 0 Å². The number of nitrogens with one attached hydrogen (secondary N) is 1. The van der Waals surface area contributed by atoms with Crippen molar-refractivity contribution in [3.8, 4) is 5.75 Å². The predicted octanol–water partition coefficient (Wildman–Crippen LogP) is 10.7. The molecular formula is C55H81N5O6. The van der Waals surface area contributed by atoms with Gasteiger partial charge in [-0.2, -0.15) is 5.11 Å². The minimum Gasteiger partial charge on any atom is -0.508 e. The van der Waals surface area contributed by atoms with E-state index in [1.807, 2.05) is 57.2 Å². The molecule has 1 saturated heterocycles. The van der Waals surface area contributed by atoms with Crippen LogP contribution in [0.4, 0.5) is 0 Å². The first-order chi connectivity index (χ1) is 31.4. The third-order valence-electron chi connectivity index (χ3n) is 16.7. The van der Waals surface area contributed by atoms with E-state index < -0.39 is 12.1 Å². The summed E-state index contributed by atoms with van der Waals surface area (Å²) in [6, 6.07) is 12.4. The third-order valence-corrected chi connectivity index (χ3v) is 16.7. The Labute approximate surface area is 396 Å². The maximum absolute atomic E-state index is 12.4. The first-order valence-corrected chi connectivity index (χ1v) is 25.3. The van der Waals surface area contributed by atoms with Gasteiger partial charge in [0.15, 0.2) is 12.1 Å². The summed E-state index contributed by atoms with van der Waals surface area (Å²) in [7, 11) is 0. The molecule has 3 saturated carbocycles. The number of carbonyl (C=O) groups excluding carboxylic acids is 4. The van der Waals surface area contributed by atoms with Crippen LogP contribution in [0.1, 0.15) is 148 Å². The van der Waals surface area contributed by atoms with Gasteiger partial charge in [0.2, 0.25) is 5.91 Å². The Morgan fingerprint density at radius 2 is 1.64 bits per heavy atom. The molecule has 4 aliphatic carbocycles. The van der Waals surface area contributed by atoms with Crippen LogP contribution in [0.15, 0.2) is 64.5 Å². The fourth-order valence-electron chi connectivity index (χ4n) is 13.0. The van der Waals surface area contributed by atoms with Gasteiger partial charge in [-0.25, -0.2) is 0 Å². The summed E-state index contributed by atoms with van der Waals surface area (Å²) in [6.45, 7) is 23.0. The normalized spacial score (nSPS) is 29.9. The average Bonchev–Trinajstić information content (AvgIpc) is 3.93. The highest BCUT2D eigenvalue weighted by atomic mass is 16.5. The first-order valence-electron chi connectivity index (χ1n) is 25.3. The van der Waals surface area contributed by atoms with Gasteiger partial charge in [-0.15, -0.1) is 0 Å². The number of amides is 3. The lowest BCUT2D eigenvalue weighted by atomic mass is 9.47. The van der Waals surface area contributed by atoms with Gasteiger partial charge < -0.3 is 15.2 Å². The molecule has 4 fully saturated rings. The Kier molecular flexibility index (Phi) is 17.0. The molecule has 0 spiro atoms. The number of nitrogens with zero attached hydrogens (tertiary/aromatic N) is 4. The summed E-state index contributed by atoms with van der Waals surface area (Å²) in [6.07, 6.45) is 18.7. The molecule has 11 heteroatoms. The summed E-state index contributed by atoms with van der Waals surface area (Å²) >= 11 is 0. The number of allylic oxidation sites excluding steroid dienone is 1. The number of likely N-dealkylation sites (tertiary alicyclic amines) is 1. The van der Waals surface area contributed by atoms with Gasteiger partial charge in [0.1, 0.15) is 11.9 Å². The quantitative estimate of drug-likeness (QED) is 0.116. The van der Waals surface area contributed by atoms with Crippen molar-refractivity contribution >= 4 is 23.7 Å². The zero-order chi connectivity index (χ0) is 47.9. The van der Waals surface area contributed by atoms with Crippen molar-refractivity contribution in [2.24, 2.45) is 56.7 Å². The van der Waals surface area contributed by atoms with E-state index in [9.17, 15) is 24.3 Å². The van der Waals surface area contributed by atoms with Gasteiger partial charge in [-0.3, -0.25) is 29.1 Å². The molecule has 2 aromatic carbocycles. The van der Waals surface area contributed by atoms with E-state index in [1.54, 1.807) is 23.6 Å². The molecule has 11 nitrogen and oxygen atoms in total. The van der Waals surface area contributed by atoms with Gasteiger partial charge in [0, 0.05) is 39.9 Å². The number of aromatic hydroxyl groups is 1. The minimum absolute atomic E-state index is 0.0134. The molecule has 66 heavy (non-hydrogen) atoms. The molecular weight excluding hydrogens is 827 g/mol. The second kappa shape index (κ2) is 22.0. The Morgan fingerprint density at radius 3 is 2.30 bits per heavy atom. The van der Waals surface area contributed by atoms with Crippen LogP contribution in [0.5, 0.6) is 5.75 Å². The monoisotopic (exact) mass is 908 g/mol. The number of esters is 1. The fraction of sp³-hybridized carbons (Fsp3) is 0.673. The molecule has 2 aliphatic heterocycles. The number of likely N-dealkylation sites (N-methyl/N-ethyl adjacent to an activating group) is 1. The number of phenolic OH excluding ortho intramolecular Hbond substituents is 1. The number of carbonyl (C=O) groups is 4. The average molecular weight is 908 g/mol. The maximum Gasteiger partial charge on any atom is 0.302 e.